The lowest BCUT2D eigenvalue weighted by molar-refractivity contribution is 0.225. The minimum atomic E-state index is -0.0669. The number of hydrogen-bond donors (Lipinski definition) is 2. The average molecular weight is 240 g/mol. The fraction of sp³-hybridized carbons (Fsp3) is 0.538. The normalized spacial score (nSPS) is 10.3. The minimum absolute atomic E-state index is 0.0669. The first kappa shape index (κ1) is 13.8. The van der Waals surface area contributed by atoms with E-state index in [0.29, 0.717) is 25.4 Å². The second-order valence-corrected chi connectivity index (χ2v) is 3.70. The lowest BCUT2D eigenvalue weighted by Crippen LogP contribution is -2.03. The van der Waals surface area contributed by atoms with E-state index in [2.05, 4.69) is 0 Å². The van der Waals surface area contributed by atoms with Gasteiger partial charge in [-0.05, 0) is 18.6 Å². The Hall–Kier alpha value is -1.26. The largest absolute Gasteiger partial charge is 0.493 e. The van der Waals surface area contributed by atoms with Gasteiger partial charge in [0.05, 0.1) is 19.8 Å². The van der Waals surface area contributed by atoms with Crippen molar-refractivity contribution in [2.75, 3.05) is 19.8 Å². The second-order valence-electron chi connectivity index (χ2n) is 3.70. The summed E-state index contributed by atoms with van der Waals surface area (Å²) >= 11 is 0. The number of benzene rings is 1. The number of aliphatic hydroxyl groups is 2. The average Bonchev–Trinajstić information content (AvgIpc) is 2.37. The Morgan fingerprint density at radius 2 is 1.94 bits per heavy atom. The SMILES string of the molecule is CCCOc1ccc(CO)c(OCCCO)c1. The first-order valence-corrected chi connectivity index (χ1v) is 5.92. The van der Waals surface area contributed by atoms with Crippen LogP contribution in [-0.2, 0) is 6.61 Å². The van der Waals surface area contributed by atoms with Crippen LogP contribution in [0.3, 0.4) is 0 Å². The summed E-state index contributed by atoms with van der Waals surface area (Å²) in [6.45, 7) is 3.17. The highest BCUT2D eigenvalue weighted by Crippen LogP contribution is 2.25. The summed E-state index contributed by atoms with van der Waals surface area (Å²) in [7, 11) is 0. The zero-order valence-corrected chi connectivity index (χ0v) is 10.2. The molecule has 4 nitrogen and oxygen atoms in total. The van der Waals surface area contributed by atoms with Crippen molar-refractivity contribution in [1.82, 2.24) is 0 Å². The maximum atomic E-state index is 9.17. The Morgan fingerprint density at radius 1 is 1.12 bits per heavy atom. The summed E-state index contributed by atoms with van der Waals surface area (Å²) in [5.74, 6) is 1.36. The van der Waals surface area contributed by atoms with Crippen molar-refractivity contribution >= 4 is 0 Å². The third-order valence-corrected chi connectivity index (χ3v) is 2.24. The highest BCUT2D eigenvalue weighted by molar-refractivity contribution is 5.40. The van der Waals surface area contributed by atoms with Crippen LogP contribution < -0.4 is 9.47 Å². The molecule has 0 aliphatic carbocycles. The molecule has 1 rings (SSSR count). The number of hydrogen-bond acceptors (Lipinski definition) is 4. The van der Waals surface area contributed by atoms with Gasteiger partial charge in [-0.1, -0.05) is 6.92 Å². The van der Waals surface area contributed by atoms with Crippen molar-refractivity contribution in [3.8, 4) is 11.5 Å². The molecule has 0 bridgehead atoms. The van der Waals surface area contributed by atoms with Crippen molar-refractivity contribution in [3.05, 3.63) is 23.8 Å². The van der Waals surface area contributed by atoms with Crippen LogP contribution in [0, 0.1) is 0 Å². The highest BCUT2D eigenvalue weighted by Gasteiger charge is 2.05. The summed E-state index contributed by atoms with van der Waals surface area (Å²) in [5.41, 5.74) is 0.729. The van der Waals surface area contributed by atoms with Crippen LogP contribution in [0.15, 0.2) is 18.2 Å². The van der Waals surface area contributed by atoms with Gasteiger partial charge >= 0.3 is 0 Å². The summed E-state index contributed by atoms with van der Waals surface area (Å²) in [4.78, 5) is 0. The molecule has 0 saturated heterocycles. The second kappa shape index (κ2) is 7.92. The molecule has 0 aliphatic heterocycles. The molecule has 17 heavy (non-hydrogen) atoms. The van der Waals surface area contributed by atoms with Crippen LogP contribution in [-0.4, -0.2) is 30.0 Å². The zero-order chi connectivity index (χ0) is 12.5. The summed E-state index contributed by atoms with van der Waals surface area (Å²) in [6.07, 6.45) is 1.52. The smallest absolute Gasteiger partial charge is 0.128 e. The van der Waals surface area contributed by atoms with Crippen LogP contribution in [0.1, 0.15) is 25.3 Å². The number of ether oxygens (including phenoxy) is 2. The fourth-order valence-electron chi connectivity index (χ4n) is 1.36. The van der Waals surface area contributed by atoms with Crippen LogP contribution >= 0.6 is 0 Å². The van der Waals surface area contributed by atoms with Crippen LogP contribution in [0.25, 0.3) is 0 Å². The monoisotopic (exact) mass is 240 g/mol. The van der Waals surface area contributed by atoms with Crippen molar-refractivity contribution in [2.24, 2.45) is 0 Å². The zero-order valence-electron chi connectivity index (χ0n) is 10.2. The van der Waals surface area contributed by atoms with E-state index in [4.69, 9.17) is 14.6 Å². The van der Waals surface area contributed by atoms with E-state index in [9.17, 15) is 5.11 Å². The predicted octanol–water partition coefficient (Wildman–Crippen LogP) is 1.73. The van der Waals surface area contributed by atoms with Gasteiger partial charge in [0.25, 0.3) is 0 Å². The molecule has 2 N–H and O–H groups in total. The van der Waals surface area contributed by atoms with E-state index in [-0.39, 0.29) is 13.2 Å². The number of rotatable bonds is 8. The standard InChI is InChI=1S/C13H20O4/c1-2-7-16-12-5-4-11(10-15)13(9-12)17-8-3-6-14/h4-5,9,14-15H,2-3,6-8,10H2,1H3. The van der Waals surface area contributed by atoms with Gasteiger partial charge in [0.2, 0.25) is 0 Å². The molecule has 1 aromatic rings. The molecule has 0 amide bonds. The first-order chi connectivity index (χ1) is 8.31. The quantitative estimate of drug-likeness (QED) is 0.679. The molecular formula is C13H20O4. The van der Waals surface area contributed by atoms with Crippen LogP contribution in [0.5, 0.6) is 11.5 Å². The van der Waals surface area contributed by atoms with E-state index in [1.807, 2.05) is 13.0 Å². The summed E-state index contributed by atoms with van der Waals surface area (Å²) < 4.78 is 11.0. The Kier molecular flexibility index (Phi) is 6.43. The van der Waals surface area contributed by atoms with E-state index in [0.717, 1.165) is 17.7 Å². The van der Waals surface area contributed by atoms with E-state index in [1.165, 1.54) is 0 Å². The van der Waals surface area contributed by atoms with E-state index >= 15 is 0 Å². The maximum absolute atomic E-state index is 9.17. The van der Waals surface area contributed by atoms with Gasteiger partial charge in [0.1, 0.15) is 11.5 Å². The van der Waals surface area contributed by atoms with E-state index in [1.54, 1.807) is 12.1 Å². The first-order valence-electron chi connectivity index (χ1n) is 5.92. The molecule has 0 unspecified atom stereocenters. The van der Waals surface area contributed by atoms with Crippen molar-refractivity contribution in [1.29, 1.82) is 0 Å². The molecule has 0 aromatic heterocycles. The van der Waals surface area contributed by atoms with Gasteiger partial charge in [-0.15, -0.1) is 0 Å². The minimum Gasteiger partial charge on any atom is -0.493 e. The Labute approximate surface area is 102 Å². The molecule has 0 aliphatic rings. The maximum Gasteiger partial charge on any atom is 0.128 e. The van der Waals surface area contributed by atoms with Gasteiger partial charge in [-0.25, -0.2) is 0 Å². The van der Waals surface area contributed by atoms with Gasteiger partial charge in [0, 0.05) is 24.7 Å². The molecule has 96 valence electrons. The Balaban J connectivity index is 2.68. The lowest BCUT2D eigenvalue weighted by Gasteiger charge is -2.12. The Morgan fingerprint density at radius 3 is 2.59 bits per heavy atom. The highest BCUT2D eigenvalue weighted by atomic mass is 16.5. The van der Waals surface area contributed by atoms with Gasteiger partial charge in [0.15, 0.2) is 0 Å². The van der Waals surface area contributed by atoms with E-state index < -0.39 is 0 Å². The molecule has 4 heteroatoms. The molecular weight excluding hydrogens is 220 g/mol. The Bertz CT molecular complexity index is 325. The van der Waals surface area contributed by atoms with Crippen LogP contribution in [0.4, 0.5) is 0 Å². The van der Waals surface area contributed by atoms with Crippen molar-refractivity contribution in [3.63, 3.8) is 0 Å². The molecule has 0 atom stereocenters. The van der Waals surface area contributed by atoms with Crippen molar-refractivity contribution in [2.45, 2.75) is 26.4 Å². The predicted molar refractivity (Wildman–Crippen MR) is 65.3 cm³/mol. The molecule has 1 aromatic carbocycles. The third kappa shape index (κ3) is 4.63. The third-order valence-electron chi connectivity index (χ3n) is 2.24. The molecule has 0 heterocycles. The molecule has 0 fully saturated rings. The van der Waals surface area contributed by atoms with Gasteiger partial charge < -0.3 is 19.7 Å². The van der Waals surface area contributed by atoms with Crippen LogP contribution in [0.2, 0.25) is 0 Å². The molecule has 0 radical (unpaired) electrons. The fourth-order valence-corrected chi connectivity index (χ4v) is 1.36. The summed E-state index contributed by atoms with van der Waals surface area (Å²) in [5, 5.41) is 17.9. The summed E-state index contributed by atoms with van der Waals surface area (Å²) in [6, 6.07) is 5.39. The molecule has 0 spiro atoms. The van der Waals surface area contributed by atoms with Crippen molar-refractivity contribution < 1.29 is 19.7 Å². The van der Waals surface area contributed by atoms with Gasteiger partial charge in [-0.2, -0.15) is 0 Å². The lowest BCUT2D eigenvalue weighted by atomic mass is 10.2. The topological polar surface area (TPSA) is 58.9 Å². The molecule has 0 saturated carbocycles. The number of aliphatic hydroxyl groups excluding tert-OH is 2. The van der Waals surface area contributed by atoms with Gasteiger partial charge in [-0.3, -0.25) is 0 Å².